The molecule has 1 fully saturated rings. The van der Waals surface area contributed by atoms with Gasteiger partial charge in [0.1, 0.15) is 17.4 Å². The van der Waals surface area contributed by atoms with Crippen molar-refractivity contribution in [2.45, 2.75) is 31.8 Å². The SMILES string of the molecule is O=C(c1ccccc1)c1c(OC2CCCC2)nc2ccc(F)cc2[n+]1[O-]. The van der Waals surface area contributed by atoms with Crippen molar-refractivity contribution in [3.05, 3.63) is 70.8 Å². The topological polar surface area (TPSA) is 66.1 Å². The molecule has 0 N–H and O–H groups in total. The fourth-order valence-electron chi connectivity index (χ4n) is 3.29. The number of benzene rings is 2. The largest absolute Gasteiger partial charge is 0.618 e. The Morgan fingerprint density at radius 1 is 1.15 bits per heavy atom. The molecule has 5 nitrogen and oxygen atoms in total. The minimum absolute atomic E-state index is 0.00283. The zero-order valence-corrected chi connectivity index (χ0v) is 14.0. The third-order valence-electron chi connectivity index (χ3n) is 4.62. The Morgan fingerprint density at radius 3 is 2.62 bits per heavy atom. The number of hydrogen-bond acceptors (Lipinski definition) is 4. The van der Waals surface area contributed by atoms with Gasteiger partial charge >= 0.3 is 5.69 Å². The van der Waals surface area contributed by atoms with Crippen molar-refractivity contribution in [1.29, 1.82) is 0 Å². The lowest BCUT2D eigenvalue weighted by Gasteiger charge is -2.15. The number of aromatic nitrogens is 2. The fourth-order valence-corrected chi connectivity index (χ4v) is 3.29. The van der Waals surface area contributed by atoms with E-state index < -0.39 is 11.6 Å². The first-order chi connectivity index (χ1) is 12.6. The number of ether oxygens (including phenoxy) is 1. The number of halogens is 1. The van der Waals surface area contributed by atoms with Crippen LogP contribution < -0.4 is 9.47 Å². The molecule has 0 aliphatic heterocycles. The van der Waals surface area contributed by atoms with E-state index in [1.807, 2.05) is 0 Å². The molecule has 2 aromatic carbocycles. The lowest BCUT2D eigenvalue weighted by Crippen LogP contribution is -2.38. The molecule has 0 radical (unpaired) electrons. The van der Waals surface area contributed by atoms with Crippen LogP contribution in [0.3, 0.4) is 0 Å². The monoisotopic (exact) mass is 352 g/mol. The van der Waals surface area contributed by atoms with Gasteiger partial charge in [0.2, 0.25) is 5.52 Å². The first-order valence-corrected chi connectivity index (χ1v) is 8.63. The third kappa shape index (κ3) is 2.98. The minimum atomic E-state index is -0.563. The molecule has 1 aliphatic rings. The molecule has 3 aromatic rings. The molecular weight excluding hydrogens is 335 g/mol. The number of nitrogens with zero attached hydrogens (tertiary/aromatic N) is 2. The van der Waals surface area contributed by atoms with E-state index >= 15 is 0 Å². The summed E-state index contributed by atoms with van der Waals surface area (Å²) in [6, 6.07) is 12.2. The van der Waals surface area contributed by atoms with Crippen LogP contribution in [-0.2, 0) is 0 Å². The number of carbonyl (C=O) groups is 1. The number of carbonyl (C=O) groups excluding carboxylic acids is 1. The summed E-state index contributed by atoms with van der Waals surface area (Å²) in [4.78, 5) is 17.3. The molecule has 4 rings (SSSR count). The fraction of sp³-hybridized carbons (Fsp3) is 0.250. The van der Waals surface area contributed by atoms with Gasteiger partial charge in [-0.2, -0.15) is 4.73 Å². The van der Waals surface area contributed by atoms with Crippen LogP contribution in [0.15, 0.2) is 48.5 Å². The lowest BCUT2D eigenvalue weighted by atomic mass is 10.1. The van der Waals surface area contributed by atoms with Crippen molar-refractivity contribution in [2.75, 3.05) is 0 Å². The Morgan fingerprint density at radius 2 is 1.88 bits per heavy atom. The van der Waals surface area contributed by atoms with E-state index in [0.29, 0.717) is 15.8 Å². The summed E-state index contributed by atoms with van der Waals surface area (Å²) in [5, 5.41) is 12.9. The van der Waals surface area contributed by atoms with Gasteiger partial charge in [-0.3, -0.25) is 4.79 Å². The Kier molecular flexibility index (Phi) is 4.24. The van der Waals surface area contributed by atoms with Crippen molar-refractivity contribution in [2.24, 2.45) is 0 Å². The van der Waals surface area contributed by atoms with E-state index in [-0.39, 0.29) is 23.2 Å². The zero-order chi connectivity index (χ0) is 18.1. The second-order valence-electron chi connectivity index (χ2n) is 6.41. The maximum atomic E-state index is 13.6. The molecule has 1 aliphatic carbocycles. The Balaban J connectivity index is 1.89. The summed E-state index contributed by atoms with van der Waals surface area (Å²) in [6.45, 7) is 0. The molecule has 0 amide bonds. The lowest BCUT2D eigenvalue weighted by molar-refractivity contribution is -0.580. The van der Waals surface area contributed by atoms with E-state index in [4.69, 9.17) is 4.74 Å². The molecular formula is C20H17FN2O3. The molecule has 1 saturated carbocycles. The van der Waals surface area contributed by atoms with Crippen molar-refractivity contribution in [3.63, 3.8) is 0 Å². The molecule has 1 heterocycles. The van der Waals surface area contributed by atoms with Crippen LogP contribution >= 0.6 is 0 Å². The standard InChI is InChI=1S/C20H17FN2O3/c21-14-10-11-16-17(12-14)23(25)18(19(24)13-6-2-1-3-7-13)20(22-16)26-15-8-4-5-9-15/h1-3,6-7,10-12,15H,4-5,8-9H2. The normalized spacial score (nSPS) is 14.7. The Labute approximate surface area is 149 Å². The van der Waals surface area contributed by atoms with Gasteiger partial charge in [-0.1, -0.05) is 30.3 Å². The van der Waals surface area contributed by atoms with Gasteiger partial charge in [0.15, 0.2) is 0 Å². The van der Waals surface area contributed by atoms with Crippen LogP contribution in [0.2, 0.25) is 0 Å². The van der Waals surface area contributed by atoms with Crippen molar-refractivity contribution in [3.8, 4) is 5.88 Å². The van der Waals surface area contributed by atoms with Crippen LogP contribution in [-0.4, -0.2) is 16.9 Å². The van der Waals surface area contributed by atoms with Crippen LogP contribution in [0.4, 0.5) is 4.39 Å². The first kappa shape index (κ1) is 16.4. The molecule has 0 spiro atoms. The van der Waals surface area contributed by atoms with Crippen LogP contribution in [0.5, 0.6) is 5.88 Å². The number of rotatable bonds is 4. The quantitative estimate of drug-likeness (QED) is 0.409. The highest BCUT2D eigenvalue weighted by molar-refractivity contribution is 6.08. The van der Waals surface area contributed by atoms with E-state index in [1.54, 1.807) is 30.3 Å². The predicted octanol–water partition coefficient (Wildman–Crippen LogP) is 3.56. The Hall–Kier alpha value is -3.02. The summed E-state index contributed by atoms with van der Waals surface area (Å²) in [5.41, 5.74) is 0.439. The summed E-state index contributed by atoms with van der Waals surface area (Å²) >= 11 is 0. The molecule has 0 unspecified atom stereocenters. The molecule has 0 bridgehead atoms. The summed E-state index contributed by atoms with van der Waals surface area (Å²) < 4.78 is 20.0. The third-order valence-corrected chi connectivity index (χ3v) is 4.62. The smallest absolute Gasteiger partial charge is 0.328 e. The van der Waals surface area contributed by atoms with Crippen LogP contribution in [0.1, 0.15) is 41.7 Å². The second-order valence-corrected chi connectivity index (χ2v) is 6.41. The first-order valence-electron chi connectivity index (χ1n) is 8.63. The number of hydrogen-bond donors (Lipinski definition) is 0. The summed E-state index contributed by atoms with van der Waals surface area (Å²) in [7, 11) is 0. The predicted molar refractivity (Wildman–Crippen MR) is 93.4 cm³/mol. The second kappa shape index (κ2) is 6.71. The van der Waals surface area contributed by atoms with Crippen LogP contribution in [0, 0.1) is 11.0 Å². The van der Waals surface area contributed by atoms with E-state index in [9.17, 15) is 14.4 Å². The van der Waals surface area contributed by atoms with Crippen molar-refractivity contribution in [1.82, 2.24) is 4.98 Å². The maximum absolute atomic E-state index is 13.6. The highest BCUT2D eigenvalue weighted by atomic mass is 19.1. The molecule has 0 saturated heterocycles. The summed E-state index contributed by atoms with van der Waals surface area (Å²) in [5.74, 6) is -1.04. The van der Waals surface area contributed by atoms with Gasteiger partial charge in [-0.15, -0.1) is 0 Å². The van der Waals surface area contributed by atoms with Gasteiger partial charge < -0.3 is 9.94 Å². The highest BCUT2D eigenvalue weighted by Gasteiger charge is 2.31. The molecule has 26 heavy (non-hydrogen) atoms. The average molecular weight is 352 g/mol. The Bertz CT molecular complexity index is 970. The van der Waals surface area contributed by atoms with E-state index in [2.05, 4.69) is 4.98 Å². The van der Waals surface area contributed by atoms with Crippen molar-refractivity contribution >= 4 is 16.8 Å². The van der Waals surface area contributed by atoms with Gasteiger partial charge in [-0.25, -0.2) is 9.37 Å². The number of fused-ring (bicyclic) bond motifs is 1. The molecule has 0 atom stereocenters. The molecule has 132 valence electrons. The van der Waals surface area contributed by atoms with Gasteiger partial charge in [0.25, 0.3) is 11.7 Å². The molecule has 1 aromatic heterocycles. The zero-order valence-electron chi connectivity index (χ0n) is 14.0. The van der Waals surface area contributed by atoms with Gasteiger partial charge in [0.05, 0.1) is 0 Å². The van der Waals surface area contributed by atoms with E-state index in [0.717, 1.165) is 31.7 Å². The van der Waals surface area contributed by atoms with Crippen molar-refractivity contribution < 1.29 is 18.7 Å². The highest BCUT2D eigenvalue weighted by Crippen LogP contribution is 2.27. The minimum Gasteiger partial charge on any atom is -0.618 e. The van der Waals surface area contributed by atoms with Crippen LogP contribution in [0.25, 0.3) is 11.0 Å². The maximum Gasteiger partial charge on any atom is 0.328 e. The average Bonchev–Trinajstić information content (AvgIpc) is 3.16. The van der Waals surface area contributed by atoms with Gasteiger partial charge in [0, 0.05) is 11.6 Å². The molecule has 6 heteroatoms. The van der Waals surface area contributed by atoms with E-state index in [1.165, 1.54) is 12.1 Å². The summed E-state index contributed by atoms with van der Waals surface area (Å²) in [6.07, 6.45) is 3.75. The van der Waals surface area contributed by atoms with Gasteiger partial charge in [-0.05, 0) is 37.8 Å². The number of ketones is 1.